The maximum absolute atomic E-state index is 12.0. The SMILES string of the molecule is COc1ccc(NC(=O)C(=O)NN=Cc2ccc(OCc3ccccc3C)c(OC)c2)cc1. The van der Waals surface area contributed by atoms with E-state index in [0.29, 0.717) is 35.1 Å². The van der Waals surface area contributed by atoms with Gasteiger partial charge in [-0.3, -0.25) is 9.59 Å². The zero-order valence-electron chi connectivity index (χ0n) is 18.6. The van der Waals surface area contributed by atoms with Crippen LogP contribution in [-0.2, 0) is 16.2 Å². The van der Waals surface area contributed by atoms with Crippen LogP contribution in [0.5, 0.6) is 17.2 Å². The molecule has 0 bridgehead atoms. The van der Waals surface area contributed by atoms with E-state index in [0.717, 1.165) is 11.1 Å². The second-order valence-corrected chi connectivity index (χ2v) is 7.01. The first kappa shape index (κ1) is 23.3. The van der Waals surface area contributed by atoms with Crippen LogP contribution in [-0.4, -0.2) is 32.2 Å². The molecular weight excluding hydrogens is 422 g/mol. The fraction of sp³-hybridized carbons (Fsp3) is 0.160. The van der Waals surface area contributed by atoms with Crippen LogP contribution in [0.15, 0.2) is 71.8 Å². The Kier molecular flexibility index (Phi) is 8.02. The first-order valence-electron chi connectivity index (χ1n) is 10.1. The molecule has 3 aromatic rings. The maximum Gasteiger partial charge on any atom is 0.329 e. The van der Waals surface area contributed by atoms with Crippen LogP contribution in [0.4, 0.5) is 5.69 Å². The Balaban J connectivity index is 1.55. The van der Waals surface area contributed by atoms with E-state index in [4.69, 9.17) is 14.2 Å². The van der Waals surface area contributed by atoms with Gasteiger partial charge in [-0.15, -0.1) is 0 Å². The second kappa shape index (κ2) is 11.3. The predicted molar refractivity (Wildman–Crippen MR) is 126 cm³/mol. The number of carbonyl (C=O) groups excluding carboxylic acids is 2. The van der Waals surface area contributed by atoms with E-state index in [-0.39, 0.29) is 0 Å². The number of aryl methyl sites for hydroxylation is 1. The van der Waals surface area contributed by atoms with E-state index in [1.807, 2.05) is 31.2 Å². The number of rotatable bonds is 8. The molecule has 170 valence electrons. The quantitative estimate of drug-likeness (QED) is 0.312. The summed E-state index contributed by atoms with van der Waals surface area (Å²) in [6.45, 7) is 2.44. The summed E-state index contributed by atoms with van der Waals surface area (Å²) >= 11 is 0. The number of amides is 2. The van der Waals surface area contributed by atoms with Crippen LogP contribution in [0.3, 0.4) is 0 Å². The van der Waals surface area contributed by atoms with Crippen LogP contribution in [0.2, 0.25) is 0 Å². The Morgan fingerprint density at radius 2 is 1.67 bits per heavy atom. The van der Waals surface area contributed by atoms with E-state index in [1.165, 1.54) is 6.21 Å². The van der Waals surface area contributed by atoms with Crippen molar-refractivity contribution in [2.24, 2.45) is 5.10 Å². The lowest BCUT2D eigenvalue weighted by Gasteiger charge is -2.12. The first-order valence-corrected chi connectivity index (χ1v) is 10.1. The van der Waals surface area contributed by atoms with Crippen LogP contribution in [0.1, 0.15) is 16.7 Å². The topological polar surface area (TPSA) is 98.2 Å². The van der Waals surface area contributed by atoms with Crippen molar-refractivity contribution in [3.05, 3.63) is 83.4 Å². The van der Waals surface area contributed by atoms with Gasteiger partial charge in [0.05, 0.1) is 20.4 Å². The number of methoxy groups -OCH3 is 2. The van der Waals surface area contributed by atoms with Crippen molar-refractivity contribution in [1.82, 2.24) is 5.43 Å². The summed E-state index contributed by atoms with van der Waals surface area (Å²) in [6.07, 6.45) is 1.41. The van der Waals surface area contributed by atoms with Crippen LogP contribution in [0.25, 0.3) is 0 Å². The van der Waals surface area contributed by atoms with Crippen LogP contribution in [0, 0.1) is 6.92 Å². The van der Waals surface area contributed by atoms with Gasteiger partial charge < -0.3 is 19.5 Å². The van der Waals surface area contributed by atoms with Gasteiger partial charge in [0.15, 0.2) is 11.5 Å². The molecule has 0 aliphatic heterocycles. The fourth-order valence-electron chi connectivity index (χ4n) is 2.89. The molecule has 0 aliphatic rings. The van der Waals surface area contributed by atoms with Crippen molar-refractivity contribution in [3.8, 4) is 17.2 Å². The number of anilines is 1. The lowest BCUT2D eigenvalue weighted by atomic mass is 10.1. The van der Waals surface area contributed by atoms with Gasteiger partial charge in [-0.1, -0.05) is 24.3 Å². The van der Waals surface area contributed by atoms with Gasteiger partial charge in [0.2, 0.25) is 0 Å². The highest BCUT2D eigenvalue weighted by atomic mass is 16.5. The largest absolute Gasteiger partial charge is 0.497 e. The van der Waals surface area contributed by atoms with Gasteiger partial charge in [0, 0.05) is 5.69 Å². The van der Waals surface area contributed by atoms with Gasteiger partial charge in [-0.25, -0.2) is 5.43 Å². The molecule has 8 heteroatoms. The highest BCUT2D eigenvalue weighted by Crippen LogP contribution is 2.28. The molecule has 0 unspecified atom stereocenters. The number of hydrogen-bond acceptors (Lipinski definition) is 6. The molecule has 8 nitrogen and oxygen atoms in total. The minimum absolute atomic E-state index is 0.413. The summed E-state index contributed by atoms with van der Waals surface area (Å²) in [6, 6.07) is 19.8. The molecule has 0 aliphatic carbocycles. The zero-order valence-corrected chi connectivity index (χ0v) is 18.6. The minimum atomic E-state index is -0.896. The number of nitrogens with zero attached hydrogens (tertiary/aromatic N) is 1. The zero-order chi connectivity index (χ0) is 23.6. The lowest BCUT2D eigenvalue weighted by Crippen LogP contribution is -2.32. The summed E-state index contributed by atoms with van der Waals surface area (Å²) in [5.41, 5.74) is 5.55. The number of hydrogen-bond donors (Lipinski definition) is 2. The molecule has 0 spiro atoms. The van der Waals surface area contributed by atoms with Gasteiger partial charge in [-0.05, 0) is 66.1 Å². The molecule has 0 heterocycles. The van der Waals surface area contributed by atoms with Crippen LogP contribution >= 0.6 is 0 Å². The highest BCUT2D eigenvalue weighted by Gasteiger charge is 2.13. The van der Waals surface area contributed by atoms with Crippen molar-refractivity contribution >= 4 is 23.7 Å². The predicted octanol–water partition coefficient (Wildman–Crippen LogP) is 3.68. The molecule has 33 heavy (non-hydrogen) atoms. The standard InChI is InChI=1S/C25H25N3O5/c1-17-6-4-5-7-19(17)16-33-22-13-8-18(14-23(22)32-3)15-26-28-25(30)24(29)27-20-9-11-21(31-2)12-10-20/h4-15H,16H2,1-3H3,(H,27,29)(H,28,30). The van der Waals surface area contributed by atoms with Crippen molar-refractivity contribution < 1.29 is 23.8 Å². The molecule has 0 saturated heterocycles. The smallest absolute Gasteiger partial charge is 0.329 e. The van der Waals surface area contributed by atoms with Crippen molar-refractivity contribution in [2.45, 2.75) is 13.5 Å². The summed E-state index contributed by atoms with van der Waals surface area (Å²) in [5.74, 6) is 0.0167. The number of hydrazone groups is 1. The molecule has 3 aromatic carbocycles. The maximum atomic E-state index is 12.0. The monoisotopic (exact) mass is 447 g/mol. The fourth-order valence-corrected chi connectivity index (χ4v) is 2.89. The second-order valence-electron chi connectivity index (χ2n) is 7.01. The van der Waals surface area contributed by atoms with Crippen LogP contribution < -0.4 is 25.0 Å². The third kappa shape index (κ3) is 6.57. The molecule has 0 saturated carbocycles. The molecule has 0 aromatic heterocycles. The highest BCUT2D eigenvalue weighted by molar-refractivity contribution is 6.39. The molecule has 2 N–H and O–H groups in total. The van der Waals surface area contributed by atoms with Gasteiger partial charge in [-0.2, -0.15) is 5.10 Å². The third-order valence-electron chi connectivity index (χ3n) is 4.77. The first-order chi connectivity index (χ1) is 16.0. The minimum Gasteiger partial charge on any atom is -0.497 e. The average Bonchev–Trinajstić information content (AvgIpc) is 2.84. The molecular formula is C25H25N3O5. The number of ether oxygens (including phenoxy) is 3. The lowest BCUT2D eigenvalue weighted by molar-refractivity contribution is -0.136. The normalized spacial score (nSPS) is 10.5. The van der Waals surface area contributed by atoms with E-state index in [9.17, 15) is 9.59 Å². The van der Waals surface area contributed by atoms with Gasteiger partial charge in [0.25, 0.3) is 0 Å². The molecule has 0 radical (unpaired) electrons. The third-order valence-corrected chi connectivity index (χ3v) is 4.77. The average molecular weight is 447 g/mol. The summed E-state index contributed by atoms with van der Waals surface area (Å²) < 4.78 is 16.4. The number of carbonyl (C=O) groups is 2. The van der Waals surface area contributed by atoms with Crippen molar-refractivity contribution in [3.63, 3.8) is 0 Å². The number of nitrogens with one attached hydrogen (secondary N) is 2. The van der Waals surface area contributed by atoms with E-state index in [2.05, 4.69) is 15.8 Å². The summed E-state index contributed by atoms with van der Waals surface area (Å²) in [4.78, 5) is 24.0. The molecule has 0 fully saturated rings. The van der Waals surface area contributed by atoms with Gasteiger partial charge >= 0.3 is 11.8 Å². The Morgan fingerprint density at radius 1 is 0.909 bits per heavy atom. The van der Waals surface area contributed by atoms with Crippen molar-refractivity contribution in [2.75, 3.05) is 19.5 Å². The molecule has 0 atom stereocenters. The summed E-state index contributed by atoms with van der Waals surface area (Å²) in [5, 5.41) is 6.32. The number of benzene rings is 3. The molecule has 2 amide bonds. The van der Waals surface area contributed by atoms with E-state index >= 15 is 0 Å². The Labute approximate surface area is 192 Å². The summed E-state index contributed by atoms with van der Waals surface area (Å²) in [7, 11) is 3.09. The molecule has 3 rings (SSSR count). The van der Waals surface area contributed by atoms with Gasteiger partial charge in [0.1, 0.15) is 12.4 Å². The van der Waals surface area contributed by atoms with E-state index in [1.54, 1.807) is 56.7 Å². The Morgan fingerprint density at radius 3 is 2.36 bits per heavy atom. The Hall–Kier alpha value is -4.33. The van der Waals surface area contributed by atoms with E-state index < -0.39 is 11.8 Å². The van der Waals surface area contributed by atoms with Crippen molar-refractivity contribution in [1.29, 1.82) is 0 Å². The Bertz CT molecular complexity index is 1140.